The van der Waals surface area contributed by atoms with Crippen LogP contribution in [0.25, 0.3) is 0 Å². The van der Waals surface area contributed by atoms with Crippen LogP contribution in [-0.2, 0) is 19.1 Å². The van der Waals surface area contributed by atoms with E-state index in [2.05, 4.69) is 6.92 Å². The van der Waals surface area contributed by atoms with Gasteiger partial charge in [-0.15, -0.1) is 0 Å². The molecule has 0 radical (unpaired) electrons. The molecule has 0 N–H and O–H groups in total. The maximum absolute atomic E-state index is 11.4. The molecule has 4 nitrogen and oxygen atoms in total. The first-order valence-corrected chi connectivity index (χ1v) is 6.49. The van der Waals surface area contributed by atoms with Crippen molar-refractivity contribution in [3.8, 4) is 0 Å². The molecular weight excluding hydrogens is 220 g/mol. The Morgan fingerprint density at radius 3 is 2.29 bits per heavy atom. The van der Waals surface area contributed by atoms with Gasteiger partial charge in [-0.25, -0.2) is 0 Å². The van der Waals surface area contributed by atoms with Gasteiger partial charge in [-0.05, 0) is 12.8 Å². The van der Waals surface area contributed by atoms with Crippen molar-refractivity contribution in [1.29, 1.82) is 0 Å². The molecule has 1 atom stereocenters. The van der Waals surface area contributed by atoms with Gasteiger partial charge < -0.3 is 9.47 Å². The van der Waals surface area contributed by atoms with E-state index < -0.39 is 0 Å². The third-order valence-electron chi connectivity index (χ3n) is 2.45. The van der Waals surface area contributed by atoms with E-state index in [0.717, 1.165) is 19.3 Å². The number of carbonyl (C=O) groups is 2. The number of ether oxygens (including phenoxy) is 2. The SMILES string of the molecule is CCCCCOC(=O)CC(CC)OC(=O)CC. The van der Waals surface area contributed by atoms with Crippen molar-refractivity contribution in [2.75, 3.05) is 6.61 Å². The van der Waals surface area contributed by atoms with Crippen molar-refractivity contribution >= 4 is 11.9 Å². The third-order valence-corrected chi connectivity index (χ3v) is 2.45. The number of unbranched alkanes of at least 4 members (excludes halogenated alkanes) is 2. The molecule has 0 bridgehead atoms. The number of hydrogen-bond donors (Lipinski definition) is 0. The highest BCUT2D eigenvalue weighted by Gasteiger charge is 2.16. The molecule has 0 aromatic rings. The second-order valence-electron chi connectivity index (χ2n) is 4.01. The van der Waals surface area contributed by atoms with E-state index in [4.69, 9.17) is 9.47 Å². The highest BCUT2D eigenvalue weighted by atomic mass is 16.6. The summed E-state index contributed by atoms with van der Waals surface area (Å²) in [6.45, 7) is 6.18. The Morgan fingerprint density at radius 2 is 1.76 bits per heavy atom. The molecule has 0 aliphatic rings. The highest BCUT2D eigenvalue weighted by Crippen LogP contribution is 2.07. The molecule has 4 heteroatoms. The van der Waals surface area contributed by atoms with Crippen LogP contribution in [0.3, 0.4) is 0 Å². The lowest BCUT2D eigenvalue weighted by Crippen LogP contribution is -2.22. The summed E-state index contributed by atoms with van der Waals surface area (Å²) >= 11 is 0. The monoisotopic (exact) mass is 244 g/mol. The van der Waals surface area contributed by atoms with Gasteiger partial charge >= 0.3 is 11.9 Å². The largest absolute Gasteiger partial charge is 0.466 e. The van der Waals surface area contributed by atoms with Gasteiger partial charge in [0.05, 0.1) is 13.0 Å². The van der Waals surface area contributed by atoms with Crippen LogP contribution in [0.4, 0.5) is 0 Å². The van der Waals surface area contributed by atoms with Gasteiger partial charge in [0.15, 0.2) is 0 Å². The van der Waals surface area contributed by atoms with Crippen LogP contribution in [0.5, 0.6) is 0 Å². The quantitative estimate of drug-likeness (QED) is 0.462. The molecule has 0 saturated carbocycles. The first-order valence-electron chi connectivity index (χ1n) is 6.49. The molecule has 0 fully saturated rings. The standard InChI is InChI=1S/C13H24O4/c1-4-7-8-9-16-13(15)10-11(5-2)17-12(14)6-3/h11H,4-10H2,1-3H3. The first kappa shape index (κ1) is 15.9. The molecule has 0 rings (SSSR count). The Balaban J connectivity index is 3.78. The average Bonchev–Trinajstić information content (AvgIpc) is 2.33. The van der Waals surface area contributed by atoms with Crippen LogP contribution >= 0.6 is 0 Å². The van der Waals surface area contributed by atoms with E-state index in [-0.39, 0.29) is 24.5 Å². The summed E-state index contributed by atoms with van der Waals surface area (Å²) in [5.74, 6) is -0.549. The molecule has 0 spiro atoms. The van der Waals surface area contributed by atoms with Gasteiger partial charge in [0, 0.05) is 6.42 Å². The Morgan fingerprint density at radius 1 is 1.06 bits per heavy atom. The summed E-state index contributed by atoms with van der Waals surface area (Å²) < 4.78 is 10.2. The van der Waals surface area contributed by atoms with Gasteiger partial charge in [-0.2, -0.15) is 0 Å². The highest BCUT2D eigenvalue weighted by molar-refractivity contribution is 5.72. The zero-order chi connectivity index (χ0) is 13.1. The van der Waals surface area contributed by atoms with Crippen LogP contribution in [0.15, 0.2) is 0 Å². The van der Waals surface area contributed by atoms with Crippen LogP contribution in [0.1, 0.15) is 59.3 Å². The number of esters is 2. The van der Waals surface area contributed by atoms with Gasteiger partial charge in [0.1, 0.15) is 6.10 Å². The van der Waals surface area contributed by atoms with Gasteiger partial charge in [0.2, 0.25) is 0 Å². The van der Waals surface area contributed by atoms with E-state index in [1.165, 1.54) is 0 Å². The van der Waals surface area contributed by atoms with E-state index in [1.807, 2.05) is 6.92 Å². The number of carbonyl (C=O) groups excluding carboxylic acids is 2. The summed E-state index contributed by atoms with van der Waals surface area (Å²) in [6.07, 6.45) is 3.85. The summed E-state index contributed by atoms with van der Waals surface area (Å²) in [6, 6.07) is 0. The topological polar surface area (TPSA) is 52.6 Å². The van der Waals surface area contributed by atoms with Crippen molar-refractivity contribution < 1.29 is 19.1 Å². The van der Waals surface area contributed by atoms with Gasteiger partial charge in [-0.3, -0.25) is 9.59 Å². The van der Waals surface area contributed by atoms with Crippen molar-refractivity contribution in [3.05, 3.63) is 0 Å². The van der Waals surface area contributed by atoms with Gasteiger partial charge in [-0.1, -0.05) is 33.6 Å². The second kappa shape index (κ2) is 10.1. The van der Waals surface area contributed by atoms with Crippen LogP contribution in [0, 0.1) is 0 Å². The molecule has 17 heavy (non-hydrogen) atoms. The van der Waals surface area contributed by atoms with Crippen molar-refractivity contribution in [2.45, 2.75) is 65.4 Å². The summed E-state index contributed by atoms with van der Waals surface area (Å²) in [7, 11) is 0. The predicted octanol–water partition coefficient (Wildman–Crippen LogP) is 2.84. The summed E-state index contributed by atoms with van der Waals surface area (Å²) in [4.78, 5) is 22.5. The smallest absolute Gasteiger partial charge is 0.309 e. The van der Waals surface area contributed by atoms with Gasteiger partial charge in [0.25, 0.3) is 0 Å². The maximum atomic E-state index is 11.4. The fraction of sp³-hybridized carbons (Fsp3) is 0.846. The fourth-order valence-electron chi connectivity index (χ4n) is 1.32. The predicted molar refractivity (Wildman–Crippen MR) is 65.6 cm³/mol. The summed E-state index contributed by atoms with van der Waals surface area (Å²) in [5.41, 5.74) is 0. The van der Waals surface area contributed by atoms with Crippen molar-refractivity contribution in [1.82, 2.24) is 0 Å². The molecule has 0 amide bonds. The van der Waals surface area contributed by atoms with Crippen LogP contribution in [0.2, 0.25) is 0 Å². The average molecular weight is 244 g/mol. The van der Waals surface area contributed by atoms with E-state index in [1.54, 1.807) is 6.92 Å². The third kappa shape index (κ3) is 8.72. The molecule has 0 saturated heterocycles. The van der Waals surface area contributed by atoms with E-state index >= 15 is 0 Å². The normalized spacial score (nSPS) is 11.9. The number of rotatable bonds is 9. The Bertz CT molecular complexity index is 225. The molecule has 0 aromatic heterocycles. The number of hydrogen-bond acceptors (Lipinski definition) is 4. The molecule has 0 heterocycles. The zero-order valence-electron chi connectivity index (χ0n) is 11.2. The second-order valence-corrected chi connectivity index (χ2v) is 4.01. The minimum Gasteiger partial charge on any atom is -0.466 e. The molecule has 0 aromatic carbocycles. The Kier molecular flexibility index (Phi) is 9.49. The van der Waals surface area contributed by atoms with Crippen LogP contribution < -0.4 is 0 Å². The zero-order valence-corrected chi connectivity index (χ0v) is 11.2. The minimum atomic E-state index is -0.346. The van der Waals surface area contributed by atoms with Crippen molar-refractivity contribution in [3.63, 3.8) is 0 Å². The molecule has 0 aliphatic carbocycles. The molecular formula is C13H24O4. The molecule has 100 valence electrons. The van der Waals surface area contributed by atoms with Crippen molar-refractivity contribution in [2.24, 2.45) is 0 Å². The van der Waals surface area contributed by atoms with E-state index in [0.29, 0.717) is 19.4 Å². The van der Waals surface area contributed by atoms with E-state index in [9.17, 15) is 9.59 Å². The first-order chi connectivity index (χ1) is 8.13. The lowest BCUT2D eigenvalue weighted by molar-refractivity contribution is -0.155. The Hall–Kier alpha value is -1.06. The van der Waals surface area contributed by atoms with Crippen LogP contribution in [-0.4, -0.2) is 24.6 Å². The Labute approximate surface area is 104 Å². The molecule has 0 aliphatic heterocycles. The lowest BCUT2D eigenvalue weighted by Gasteiger charge is -2.14. The molecule has 1 unspecified atom stereocenters. The summed E-state index contributed by atoms with van der Waals surface area (Å²) in [5, 5.41) is 0. The fourth-order valence-corrected chi connectivity index (χ4v) is 1.32. The lowest BCUT2D eigenvalue weighted by atomic mass is 10.2. The minimum absolute atomic E-state index is 0.161. The maximum Gasteiger partial charge on any atom is 0.309 e.